The Morgan fingerprint density at radius 3 is 2.38 bits per heavy atom. The minimum atomic E-state index is 0.195. The third-order valence-corrected chi connectivity index (χ3v) is 5.42. The van der Waals surface area contributed by atoms with Crippen LogP contribution in [0.3, 0.4) is 0 Å². The van der Waals surface area contributed by atoms with Crippen LogP contribution in [0.5, 0.6) is 0 Å². The summed E-state index contributed by atoms with van der Waals surface area (Å²) in [4.78, 5) is 21.5. The van der Waals surface area contributed by atoms with Gasteiger partial charge in [-0.3, -0.25) is 9.69 Å². The third kappa shape index (κ3) is 4.33. The minimum Gasteiger partial charge on any atom is -0.340 e. The van der Waals surface area contributed by atoms with Crippen molar-refractivity contribution in [1.29, 1.82) is 0 Å². The van der Waals surface area contributed by atoms with Crippen LogP contribution < -0.4 is 0 Å². The van der Waals surface area contributed by atoms with E-state index in [9.17, 15) is 4.79 Å². The van der Waals surface area contributed by atoms with Gasteiger partial charge < -0.3 is 9.47 Å². The molecule has 0 atom stereocenters. The van der Waals surface area contributed by atoms with Gasteiger partial charge in [0.1, 0.15) is 5.82 Å². The highest BCUT2D eigenvalue weighted by Gasteiger charge is 2.25. The van der Waals surface area contributed by atoms with Crippen LogP contribution in [-0.2, 0) is 11.3 Å². The van der Waals surface area contributed by atoms with E-state index in [2.05, 4.69) is 51.5 Å². The molecule has 3 rings (SSSR count). The fourth-order valence-corrected chi connectivity index (χ4v) is 3.67. The Hall–Kier alpha value is -2.14. The smallest absolute Gasteiger partial charge is 0.225 e. The predicted molar refractivity (Wildman–Crippen MR) is 105 cm³/mol. The van der Waals surface area contributed by atoms with Gasteiger partial charge in [0.25, 0.3) is 0 Å². The summed E-state index contributed by atoms with van der Waals surface area (Å²) in [7, 11) is 0. The van der Waals surface area contributed by atoms with Crippen LogP contribution in [0.15, 0.2) is 42.7 Å². The van der Waals surface area contributed by atoms with Crippen LogP contribution in [0.4, 0.5) is 0 Å². The molecule has 2 heterocycles. The first-order chi connectivity index (χ1) is 12.7. The number of hydrogen-bond acceptors (Lipinski definition) is 3. The molecule has 26 heavy (non-hydrogen) atoms. The maximum Gasteiger partial charge on any atom is 0.225 e. The molecule has 0 radical (unpaired) electrons. The summed E-state index contributed by atoms with van der Waals surface area (Å²) in [5.41, 5.74) is 1.15. The highest BCUT2D eigenvalue weighted by Crippen LogP contribution is 2.17. The molecular formula is C21H30N4O. The molecule has 140 valence electrons. The Bertz CT molecular complexity index is 685. The normalized spacial score (nSPS) is 15.6. The number of carbonyl (C=O) groups is 1. The van der Waals surface area contributed by atoms with Crippen molar-refractivity contribution in [3.05, 3.63) is 42.7 Å². The van der Waals surface area contributed by atoms with E-state index in [1.54, 1.807) is 0 Å². The average molecular weight is 354 g/mol. The zero-order valence-electron chi connectivity index (χ0n) is 16.0. The number of benzene rings is 1. The Balaban J connectivity index is 1.51. The molecular weight excluding hydrogens is 324 g/mol. The Morgan fingerprint density at radius 2 is 1.73 bits per heavy atom. The van der Waals surface area contributed by atoms with E-state index in [0.29, 0.717) is 5.91 Å². The monoisotopic (exact) mass is 354 g/mol. The largest absolute Gasteiger partial charge is 0.340 e. The van der Waals surface area contributed by atoms with Crippen molar-refractivity contribution >= 4 is 5.91 Å². The van der Waals surface area contributed by atoms with E-state index in [-0.39, 0.29) is 5.92 Å². The second-order valence-electron chi connectivity index (χ2n) is 6.99. The lowest BCUT2D eigenvalue weighted by molar-refractivity contribution is -0.137. The molecule has 5 heteroatoms. The van der Waals surface area contributed by atoms with Crippen LogP contribution in [0.25, 0.3) is 11.4 Å². The summed E-state index contributed by atoms with van der Waals surface area (Å²) >= 11 is 0. The van der Waals surface area contributed by atoms with Crippen LogP contribution in [0.2, 0.25) is 0 Å². The predicted octanol–water partition coefficient (Wildman–Crippen LogP) is 3.13. The van der Waals surface area contributed by atoms with E-state index in [1.165, 1.54) is 0 Å². The van der Waals surface area contributed by atoms with Crippen LogP contribution in [0, 0.1) is 5.92 Å². The van der Waals surface area contributed by atoms with Gasteiger partial charge in [0, 0.05) is 63.1 Å². The summed E-state index contributed by atoms with van der Waals surface area (Å²) < 4.78 is 2.22. The van der Waals surface area contributed by atoms with Crippen molar-refractivity contribution in [3.8, 4) is 11.4 Å². The molecule has 1 aromatic carbocycles. The first-order valence-corrected chi connectivity index (χ1v) is 9.80. The lowest BCUT2D eigenvalue weighted by Crippen LogP contribution is -2.50. The highest BCUT2D eigenvalue weighted by molar-refractivity contribution is 5.78. The van der Waals surface area contributed by atoms with Gasteiger partial charge in [-0.2, -0.15) is 0 Å². The van der Waals surface area contributed by atoms with E-state index < -0.39 is 0 Å². The second kappa shape index (κ2) is 8.99. The molecule has 1 saturated heterocycles. The Labute approximate surface area is 156 Å². The van der Waals surface area contributed by atoms with Gasteiger partial charge in [-0.15, -0.1) is 0 Å². The highest BCUT2D eigenvalue weighted by atomic mass is 16.2. The van der Waals surface area contributed by atoms with Crippen molar-refractivity contribution in [2.24, 2.45) is 5.92 Å². The number of imidazole rings is 1. The Kier molecular flexibility index (Phi) is 6.45. The topological polar surface area (TPSA) is 41.4 Å². The van der Waals surface area contributed by atoms with Gasteiger partial charge in [-0.05, 0) is 12.8 Å². The summed E-state index contributed by atoms with van der Waals surface area (Å²) in [6, 6.07) is 10.3. The number of rotatable bonds is 7. The first-order valence-electron chi connectivity index (χ1n) is 9.80. The zero-order chi connectivity index (χ0) is 18.4. The zero-order valence-corrected chi connectivity index (χ0v) is 16.0. The van der Waals surface area contributed by atoms with Crippen LogP contribution in [0.1, 0.15) is 26.7 Å². The molecule has 0 spiro atoms. The van der Waals surface area contributed by atoms with Crippen molar-refractivity contribution in [3.63, 3.8) is 0 Å². The number of piperazine rings is 1. The van der Waals surface area contributed by atoms with Crippen molar-refractivity contribution in [2.45, 2.75) is 33.2 Å². The summed E-state index contributed by atoms with van der Waals surface area (Å²) in [5.74, 6) is 1.56. The fourth-order valence-electron chi connectivity index (χ4n) is 3.67. The lowest BCUT2D eigenvalue weighted by atomic mass is 10.0. The molecule has 5 nitrogen and oxygen atoms in total. The van der Waals surface area contributed by atoms with Crippen molar-refractivity contribution in [1.82, 2.24) is 19.4 Å². The van der Waals surface area contributed by atoms with Gasteiger partial charge >= 0.3 is 0 Å². The third-order valence-electron chi connectivity index (χ3n) is 5.42. The molecule has 0 bridgehead atoms. The van der Waals surface area contributed by atoms with Crippen molar-refractivity contribution < 1.29 is 4.79 Å². The van der Waals surface area contributed by atoms with Gasteiger partial charge in [0.2, 0.25) is 5.91 Å². The van der Waals surface area contributed by atoms with Gasteiger partial charge in [0.05, 0.1) is 0 Å². The second-order valence-corrected chi connectivity index (χ2v) is 6.99. The molecule has 1 fully saturated rings. The molecule has 1 amide bonds. The number of nitrogens with zero attached hydrogens (tertiary/aromatic N) is 4. The molecule has 1 aliphatic heterocycles. The first kappa shape index (κ1) is 18.6. The molecule has 0 saturated carbocycles. The van der Waals surface area contributed by atoms with E-state index >= 15 is 0 Å². The fraction of sp³-hybridized carbons (Fsp3) is 0.524. The van der Waals surface area contributed by atoms with Gasteiger partial charge in [-0.25, -0.2) is 4.98 Å². The van der Waals surface area contributed by atoms with E-state index in [0.717, 1.165) is 63.5 Å². The maximum atomic E-state index is 12.5. The SMILES string of the molecule is CCC(CC)C(=O)N1CCN(CCn2ccnc2-c2ccccc2)CC1. The molecule has 0 N–H and O–H groups in total. The number of aromatic nitrogens is 2. The molecule has 1 aliphatic rings. The van der Waals surface area contributed by atoms with Crippen LogP contribution in [-0.4, -0.2) is 58.0 Å². The lowest BCUT2D eigenvalue weighted by Gasteiger charge is -2.36. The number of carbonyl (C=O) groups excluding carboxylic acids is 1. The number of amides is 1. The van der Waals surface area contributed by atoms with Crippen LogP contribution >= 0.6 is 0 Å². The van der Waals surface area contributed by atoms with E-state index in [4.69, 9.17) is 0 Å². The summed E-state index contributed by atoms with van der Waals surface area (Å²) in [6.45, 7) is 9.75. The van der Waals surface area contributed by atoms with Gasteiger partial charge in [-0.1, -0.05) is 44.2 Å². The molecule has 0 unspecified atom stereocenters. The Morgan fingerprint density at radius 1 is 1.04 bits per heavy atom. The van der Waals surface area contributed by atoms with Gasteiger partial charge in [0.15, 0.2) is 0 Å². The average Bonchev–Trinajstić information content (AvgIpc) is 3.17. The molecule has 0 aliphatic carbocycles. The van der Waals surface area contributed by atoms with E-state index in [1.807, 2.05) is 24.4 Å². The quantitative estimate of drug-likeness (QED) is 0.767. The van der Waals surface area contributed by atoms with Crippen molar-refractivity contribution in [2.75, 3.05) is 32.7 Å². The number of hydrogen-bond donors (Lipinski definition) is 0. The maximum absolute atomic E-state index is 12.5. The minimum absolute atomic E-state index is 0.195. The summed E-state index contributed by atoms with van der Waals surface area (Å²) in [6.07, 6.45) is 5.81. The summed E-state index contributed by atoms with van der Waals surface area (Å²) in [5, 5.41) is 0. The molecule has 2 aromatic rings. The molecule has 1 aromatic heterocycles. The standard InChI is InChI=1S/C21H30N4O/c1-3-18(4-2)21(26)25-16-13-23(14-17-25)12-15-24-11-10-22-20(24)19-8-6-5-7-9-19/h5-11,18H,3-4,12-17H2,1-2H3.